The zero-order chi connectivity index (χ0) is 30.4. The van der Waals surface area contributed by atoms with E-state index in [1.54, 1.807) is 91.0 Å². The van der Waals surface area contributed by atoms with Crippen LogP contribution in [0.15, 0.2) is 132 Å². The maximum absolute atomic E-state index is 13.4. The maximum atomic E-state index is 13.4. The molecule has 214 valence electrons. The van der Waals surface area contributed by atoms with Crippen LogP contribution in [-0.4, -0.2) is 26.0 Å². The summed E-state index contributed by atoms with van der Waals surface area (Å²) in [6.45, 7) is 1.86. The number of aryl methyl sites for hydroxylation is 1. The van der Waals surface area contributed by atoms with Crippen molar-refractivity contribution in [2.24, 2.45) is 0 Å². The van der Waals surface area contributed by atoms with Crippen LogP contribution in [0.25, 0.3) is 0 Å². The van der Waals surface area contributed by atoms with E-state index in [2.05, 4.69) is 15.4 Å². The number of amides is 2. The molecule has 0 aliphatic heterocycles. The van der Waals surface area contributed by atoms with Gasteiger partial charge in [0.25, 0.3) is 21.8 Å². The number of ketones is 1. The summed E-state index contributed by atoms with van der Waals surface area (Å²) < 4.78 is 27.9. The summed E-state index contributed by atoms with van der Waals surface area (Å²) in [5.74, 6) is -1.30. The third-order valence-electron chi connectivity index (χ3n) is 6.55. The largest absolute Gasteiger partial charge is 0.321 e. The van der Waals surface area contributed by atoms with Gasteiger partial charge < -0.3 is 10.6 Å². The zero-order valence-corrected chi connectivity index (χ0v) is 23.9. The van der Waals surface area contributed by atoms with Gasteiger partial charge in [0.2, 0.25) is 0 Å². The van der Waals surface area contributed by atoms with E-state index >= 15 is 0 Å². The van der Waals surface area contributed by atoms with Crippen molar-refractivity contribution in [3.63, 3.8) is 0 Å². The standard InChI is InChI=1S/C34H27N3O5S/c1-23-19-20-31(29(21-23)32(38)24-11-4-2-5-12-24)36-34(40)28-17-8-9-18-30(28)35-33(39)25-13-10-14-26(22-25)37-43(41,42)27-15-6-3-7-16-27/h2-22,37H,1H3,(H,35,39)(H,36,40). The van der Waals surface area contributed by atoms with Crippen LogP contribution in [0.2, 0.25) is 0 Å². The minimum Gasteiger partial charge on any atom is -0.321 e. The molecule has 0 aliphatic rings. The van der Waals surface area contributed by atoms with Crippen LogP contribution in [0.5, 0.6) is 0 Å². The molecule has 43 heavy (non-hydrogen) atoms. The fourth-order valence-electron chi connectivity index (χ4n) is 4.41. The van der Waals surface area contributed by atoms with Crippen molar-refractivity contribution >= 4 is 44.7 Å². The lowest BCUT2D eigenvalue weighted by Gasteiger charge is -2.15. The van der Waals surface area contributed by atoms with Crippen LogP contribution in [0.4, 0.5) is 17.1 Å². The van der Waals surface area contributed by atoms with Gasteiger partial charge in [-0.05, 0) is 61.5 Å². The fraction of sp³-hybridized carbons (Fsp3) is 0.0294. The number of hydrogen-bond acceptors (Lipinski definition) is 5. The third kappa shape index (κ3) is 6.86. The van der Waals surface area contributed by atoms with Crippen molar-refractivity contribution in [3.05, 3.63) is 155 Å². The number of sulfonamides is 1. The van der Waals surface area contributed by atoms with Crippen molar-refractivity contribution in [1.82, 2.24) is 0 Å². The SMILES string of the molecule is Cc1ccc(NC(=O)c2ccccc2NC(=O)c2cccc(NS(=O)(=O)c3ccccc3)c2)c(C(=O)c2ccccc2)c1. The van der Waals surface area contributed by atoms with Crippen molar-refractivity contribution in [2.45, 2.75) is 11.8 Å². The molecule has 0 spiro atoms. The average molecular weight is 590 g/mol. The molecule has 9 heteroatoms. The first-order valence-electron chi connectivity index (χ1n) is 13.3. The van der Waals surface area contributed by atoms with Gasteiger partial charge in [0.05, 0.1) is 21.8 Å². The van der Waals surface area contributed by atoms with Crippen LogP contribution in [-0.2, 0) is 10.0 Å². The molecule has 0 unspecified atom stereocenters. The number of anilines is 3. The molecule has 2 amide bonds. The molecule has 5 aromatic carbocycles. The van der Waals surface area contributed by atoms with E-state index in [0.29, 0.717) is 16.8 Å². The highest BCUT2D eigenvalue weighted by molar-refractivity contribution is 7.92. The molecule has 5 aromatic rings. The van der Waals surface area contributed by atoms with Gasteiger partial charge in [0, 0.05) is 22.4 Å². The van der Waals surface area contributed by atoms with E-state index in [4.69, 9.17) is 0 Å². The number of para-hydroxylation sites is 1. The van der Waals surface area contributed by atoms with Gasteiger partial charge in [0.1, 0.15) is 0 Å². The third-order valence-corrected chi connectivity index (χ3v) is 7.95. The number of carbonyl (C=O) groups excluding carboxylic acids is 3. The Morgan fingerprint density at radius 3 is 1.91 bits per heavy atom. The molecule has 3 N–H and O–H groups in total. The second kappa shape index (κ2) is 12.5. The second-order valence-corrected chi connectivity index (χ2v) is 11.4. The Hall–Kier alpha value is -5.54. The van der Waals surface area contributed by atoms with Gasteiger partial charge in [-0.3, -0.25) is 19.1 Å². The maximum Gasteiger partial charge on any atom is 0.261 e. The Balaban J connectivity index is 1.35. The first kappa shape index (κ1) is 29.0. The highest BCUT2D eigenvalue weighted by atomic mass is 32.2. The number of nitrogens with one attached hydrogen (secondary N) is 3. The first-order chi connectivity index (χ1) is 20.7. The van der Waals surface area contributed by atoms with Gasteiger partial charge >= 0.3 is 0 Å². The molecule has 0 heterocycles. The summed E-state index contributed by atoms with van der Waals surface area (Å²) in [6.07, 6.45) is 0. The Labute approximate surface area is 249 Å². The van der Waals surface area contributed by atoms with Crippen LogP contribution in [0.3, 0.4) is 0 Å². The van der Waals surface area contributed by atoms with Gasteiger partial charge in [0.15, 0.2) is 5.78 Å². The Morgan fingerprint density at radius 2 is 1.16 bits per heavy atom. The zero-order valence-electron chi connectivity index (χ0n) is 23.1. The molecule has 0 saturated heterocycles. The van der Waals surface area contributed by atoms with E-state index in [0.717, 1.165) is 5.56 Å². The van der Waals surface area contributed by atoms with E-state index in [1.165, 1.54) is 30.3 Å². The van der Waals surface area contributed by atoms with Crippen molar-refractivity contribution in [3.8, 4) is 0 Å². The molecule has 0 radical (unpaired) electrons. The van der Waals surface area contributed by atoms with Crippen LogP contribution in [0.1, 0.15) is 42.2 Å². The molecule has 0 aromatic heterocycles. The minimum absolute atomic E-state index is 0.0898. The quantitative estimate of drug-likeness (QED) is 0.169. The van der Waals surface area contributed by atoms with Gasteiger partial charge in [-0.1, -0.05) is 78.4 Å². The summed E-state index contributed by atoms with van der Waals surface area (Å²) in [5, 5.41) is 5.56. The molecule has 0 bridgehead atoms. The summed E-state index contributed by atoms with van der Waals surface area (Å²) in [5.41, 5.74) is 2.83. The topological polar surface area (TPSA) is 121 Å². The molecular formula is C34H27N3O5S. The molecule has 8 nitrogen and oxygen atoms in total. The smallest absolute Gasteiger partial charge is 0.261 e. The van der Waals surface area contributed by atoms with Crippen LogP contribution in [0, 0.1) is 6.92 Å². The second-order valence-electron chi connectivity index (χ2n) is 9.70. The molecular weight excluding hydrogens is 562 g/mol. The Bertz CT molecular complexity index is 1920. The fourth-order valence-corrected chi connectivity index (χ4v) is 5.48. The van der Waals surface area contributed by atoms with Crippen molar-refractivity contribution in [1.29, 1.82) is 0 Å². The number of carbonyl (C=O) groups is 3. The lowest BCUT2D eigenvalue weighted by molar-refractivity contribution is 0.102. The predicted octanol–water partition coefficient (Wildman–Crippen LogP) is 6.53. The highest BCUT2D eigenvalue weighted by Crippen LogP contribution is 2.25. The Morgan fingerprint density at radius 1 is 0.558 bits per heavy atom. The van der Waals surface area contributed by atoms with Crippen LogP contribution < -0.4 is 15.4 Å². The van der Waals surface area contributed by atoms with E-state index in [1.807, 2.05) is 13.0 Å². The lowest BCUT2D eigenvalue weighted by atomic mass is 9.99. The van der Waals surface area contributed by atoms with E-state index < -0.39 is 21.8 Å². The Kier molecular flexibility index (Phi) is 8.45. The lowest BCUT2D eigenvalue weighted by Crippen LogP contribution is -2.20. The summed E-state index contributed by atoms with van der Waals surface area (Å²) >= 11 is 0. The van der Waals surface area contributed by atoms with Gasteiger partial charge in [-0.25, -0.2) is 8.42 Å². The molecule has 0 fully saturated rings. The summed E-state index contributed by atoms with van der Waals surface area (Å²) in [7, 11) is -3.85. The predicted molar refractivity (Wildman–Crippen MR) is 167 cm³/mol. The van der Waals surface area contributed by atoms with E-state index in [-0.39, 0.29) is 33.2 Å². The van der Waals surface area contributed by atoms with Crippen molar-refractivity contribution in [2.75, 3.05) is 15.4 Å². The first-order valence-corrected chi connectivity index (χ1v) is 14.8. The number of rotatable bonds is 9. The monoisotopic (exact) mass is 589 g/mol. The number of hydrogen-bond donors (Lipinski definition) is 3. The average Bonchev–Trinajstić information content (AvgIpc) is 3.02. The van der Waals surface area contributed by atoms with Gasteiger partial charge in [-0.2, -0.15) is 0 Å². The summed E-state index contributed by atoms with van der Waals surface area (Å²) in [6, 6.07) is 34.4. The van der Waals surface area contributed by atoms with E-state index in [9.17, 15) is 22.8 Å². The van der Waals surface area contributed by atoms with Crippen LogP contribution >= 0.6 is 0 Å². The molecule has 5 rings (SSSR count). The highest BCUT2D eigenvalue weighted by Gasteiger charge is 2.20. The summed E-state index contributed by atoms with van der Waals surface area (Å²) in [4.78, 5) is 40.0. The minimum atomic E-state index is -3.85. The normalized spacial score (nSPS) is 10.9. The molecule has 0 atom stereocenters. The van der Waals surface area contributed by atoms with Crippen molar-refractivity contribution < 1.29 is 22.8 Å². The van der Waals surface area contributed by atoms with Gasteiger partial charge in [-0.15, -0.1) is 0 Å². The number of benzene rings is 5. The molecule has 0 saturated carbocycles. The molecule has 0 aliphatic carbocycles.